The standard InChI is InChI=1S/C14H15N3O3S/c1-10-4-5-11(17(19)20)7-13(10)15-9-14(18)16-8-12-3-2-6-21-12/h2-7,15H,8-9H2,1H3,(H,16,18). The minimum absolute atomic E-state index is 0.00194. The number of carbonyl (C=O) groups is 1. The van der Waals surface area contributed by atoms with Crippen molar-refractivity contribution in [3.8, 4) is 0 Å². The number of benzene rings is 1. The number of nitrogens with one attached hydrogen (secondary N) is 2. The van der Waals surface area contributed by atoms with Crippen LogP contribution in [0.1, 0.15) is 10.4 Å². The summed E-state index contributed by atoms with van der Waals surface area (Å²) in [4.78, 5) is 23.1. The molecule has 0 radical (unpaired) electrons. The molecule has 6 nitrogen and oxygen atoms in total. The van der Waals surface area contributed by atoms with Crippen LogP contribution in [-0.2, 0) is 11.3 Å². The Morgan fingerprint density at radius 2 is 2.19 bits per heavy atom. The van der Waals surface area contributed by atoms with Crippen molar-refractivity contribution in [1.29, 1.82) is 0 Å². The lowest BCUT2D eigenvalue weighted by molar-refractivity contribution is -0.384. The van der Waals surface area contributed by atoms with Gasteiger partial charge in [0.2, 0.25) is 5.91 Å². The third-order valence-corrected chi connectivity index (χ3v) is 3.79. The summed E-state index contributed by atoms with van der Waals surface area (Å²) < 4.78 is 0. The first-order valence-corrected chi connectivity index (χ1v) is 7.22. The van der Waals surface area contributed by atoms with E-state index in [1.165, 1.54) is 12.1 Å². The molecule has 0 saturated heterocycles. The van der Waals surface area contributed by atoms with Gasteiger partial charge < -0.3 is 10.6 Å². The van der Waals surface area contributed by atoms with Crippen molar-refractivity contribution in [2.24, 2.45) is 0 Å². The minimum Gasteiger partial charge on any atom is -0.376 e. The van der Waals surface area contributed by atoms with E-state index in [-0.39, 0.29) is 18.1 Å². The SMILES string of the molecule is Cc1ccc([N+](=O)[O-])cc1NCC(=O)NCc1cccs1. The summed E-state index contributed by atoms with van der Waals surface area (Å²) in [6, 6.07) is 8.41. The Kier molecular flexibility index (Phi) is 4.89. The molecule has 21 heavy (non-hydrogen) atoms. The molecule has 7 heteroatoms. The first-order valence-electron chi connectivity index (χ1n) is 6.34. The molecule has 1 heterocycles. The molecule has 0 atom stereocenters. The van der Waals surface area contributed by atoms with Gasteiger partial charge in [0.1, 0.15) is 0 Å². The van der Waals surface area contributed by atoms with E-state index >= 15 is 0 Å². The lowest BCUT2D eigenvalue weighted by atomic mass is 10.2. The summed E-state index contributed by atoms with van der Waals surface area (Å²) in [6.07, 6.45) is 0. The van der Waals surface area contributed by atoms with Crippen molar-refractivity contribution in [1.82, 2.24) is 5.32 Å². The molecule has 2 rings (SSSR count). The fraction of sp³-hybridized carbons (Fsp3) is 0.214. The van der Waals surface area contributed by atoms with E-state index in [9.17, 15) is 14.9 Å². The highest BCUT2D eigenvalue weighted by Gasteiger charge is 2.09. The first-order chi connectivity index (χ1) is 10.1. The number of hydrogen-bond donors (Lipinski definition) is 2. The van der Waals surface area contributed by atoms with Crippen LogP contribution in [0.4, 0.5) is 11.4 Å². The Hall–Kier alpha value is -2.41. The Morgan fingerprint density at radius 1 is 1.38 bits per heavy atom. The molecule has 1 aromatic carbocycles. The molecule has 0 fully saturated rings. The van der Waals surface area contributed by atoms with Crippen LogP contribution in [0.15, 0.2) is 35.7 Å². The second-order valence-electron chi connectivity index (χ2n) is 4.47. The molecule has 0 unspecified atom stereocenters. The van der Waals surface area contributed by atoms with Gasteiger partial charge in [-0.25, -0.2) is 0 Å². The average molecular weight is 305 g/mol. The second-order valence-corrected chi connectivity index (χ2v) is 5.50. The largest absolute Gasteiger partial charge is 0.376 e. The molecule has 1 aromatic heterocycles. The summed E-state index contributed by atoms with van der Waals surface area (Å²) in [5.74, 6) is -0.158. The highest BCUT2D eigenvalue weighted by molar-refractivity contribution is 7.09. The molecular formula is C14H15N3O3S. The Morgan fingerprint density at radius 3 is 2.86 bits per heavy atom. The smallest absolute Gasteiger partial charge is 0.271 e. The van der Waals surface area contributed by atoms with Gasteiger partial charge in [-0.05, 0) is 23.9 Å². The van der Waals surface area contributed by atoms with E-state index in [2.05, 4.69) is 10.6 Å². The quantitative estimate of drug-likeness (QED) is 0.635. The van der Waals surface area contributed by atoms with Crippen molar-refractivity contribution in [2.45, 2.75) is 13.5 Å². The molecule has 0 spiro atoms. The van der Waals surface area contributed by atoms with Crippen LogP contribution >= 0.6 is 11.3 Å². The van der Waals surface area contributed by atoms with E-state index in [0.717, 1.165) is 10.4 Å². The van der Waals surface area contributed by atoms with Gasteiger partial charge in [0.05, 0.1) is 18.0 Å². The van der Waals surface area contributed by atoms with Crippen molar-refractivity contribution in [3.05, 3.63) is 56.3 Å². The van der Waals surface area contributed by atoms with E-state index in [4.69, 9.17) is 0 Å². The highest BCUT2D eigenvalue weighted by Crippen LogP contribution is 2.21. The third kappa shape index (κ3) is 4.28. The van der Waals surface area contributed by atoms with Crippen molar-refractivity contribution in [2.75, 3.05) is 11.9 Å². The number of hydrogen-bond acceptors (Lipinski definition) is 5. The van der Waals surface area contributed by atoms with Crippen molar-refractivity contribution in [3.63, 3.8) is 0 Å². The van der Waals surface area contributed by atoms with Crippen LogP contribution in [0.5, 0.6) is 0 Å². The monoisotopic (exact) mass is 305 g/mol. The number of amides is 1. The van der Waals surface area contributed by atoms with Gasteiger partial charge in [0.15, 0.2) is 0 Å². The molecule has 0 bridgehead atoms. The normalized spacial score (nSPS) is 10.1. The van der Waals surface area contributed by atoms with E-state index in [1.54, 1.807) is 17.4 Å². The maximum atomic E-state index is 11.7. The molecule has 0 aliphatic heterocycles. The zero-order valence-electron chi connectivity index (χ0n) is 11.5. The maximum Gasteiger partial charge on any atom is 0.271 e. The summed E-state index contributed by atoms with van der Waals surface area (Å²) >= 11 is 1.58. The average Bonchev–Trinajstić information content (AvgIpc) is 2.97. The van der Waals surface area contributed by atoms with E-state index < -0.39 is 4.92 Å². The fourth-order valence-electron chi connectivity index (χ4n) is 1.75. The lowest BCUT2D eigenvalue weighted by Crippen LogP contribution is -2.29. The van der Waals surface area contributed by atoms with Gasteiger partial charge in [-0.1, -0.05) is 12.1 Å². The van der Waals surface area contributed by atoms with E-state index in [1.807, 2.05) is 24.4 Å². The molecule has 0 saturated carbocycles. The van der Waals surface area contributed by atoms with E-state index in [0.29, 0.717) is 12.2 Å². The maximum absolute atomic E-state index is 11.7. The molecule has 2 aromatic rings. The van der Waals surface area contributed by atoms with Gasteiger partial charge in [0.25, 0.3) is 5.69 Å². The van der Waals surface area contributed by atoms with Gasteiger partial charge in [-0.15, -0.1) is 11.3 Å². The molecule has 0 aliphatic carbocycles. The highest BCUT2D eigenvalue weighted by atomic mass is 32.1. The number of carbonyl (C=O) groups excluding carboxylic acids is 1. The van der Waals surface area contributed by atoms with Crippen LogP contribution in [-0.4, -0.2) is 17.4 Å². The third-order valence-electron chi connectivity index (χ3n) is 2.91. The van der Waals surface area contributed by atoms with Crippen LogP contribution < -0.4 is 10.6 Å². The van der Waals surface area contributed by atoms with Crippen LogP contribution in [0.2, 0.25) is 0 Å². The zero-order chi connectivity index (χ0) is 15.2. The molecule has 2 N–H and O–H groups in total. The lowest BCUT2D eigenvalue weighted by Gasteiger charge is -2.09. The topological polar surface area (TPSA) is 84.3 Å². The van der Waals surface area contributed by atoms with Gasteiger partial charge >= 0.3 is 0 Å². The van der Waals surface area contributed by atoms with Crippen molar-refractivity contribution < 1.29 is 9.72 Å². The molecular weight excluding hydrogens is 290 g/mol. The molecule has 1 amide bonds. The number of rotatable bonds is 6. The number of anilines is 1. The number of nitro groups is 1. The van der Waals surface area contributed by atoms with Crippen LogP contribution in [0.3, 0.4) is 0 Å². The number of nitro benzene ring substituents is 1. The summed E-state index contributed by atoms with van der Waals surface area (Å²) in [5.41, 5.74) is 1.45. The van der Waals surface area contributed by atoms with Crippen LogP contribution in [0.25, 0.3) is 0 Å². The predicted octanol–water partition coefficient (Wildman–Crippen LogP) is 2.69. The van der Waals surface area contributed by atoms with Gasteiger partial charge in [-0.2, -0.15) is 0 Å². The fourth-order valence-corrected chi connectivity index (χ4v) is 2.40. The Bertz CT molecular complexity index is 641. The number of aryl methyl sites for hydroxylation is 1. The number of nitrogens with zero attached hydrogens (tertiary/aromatic N) is 1. The molecule has 0 aliphatic rings. The van der Waals surface area contributed by atoms with Gasteiger partial charge in [-0.3, -0.25) is 14.9 Å². The van der Waals surface area contributed by atoms with Gasteiger partial charge in [0, 0.05) is 22.7 Å². The number of thiophene rings is 1. The van der Waals surface area contributed by atoms with Crippen molar-refractivity contribution >= 4 is 28.6 Å². The zero-order valence-corrected chi connectivity index (χ0v) is 12.3. The Labute approximate surface area is 126 Å². The van der Waals surface area contributed by atoms with Crippen LogP contribution in [0, 0.1) is 17.0 Å². The molecule has 110 valence electrons. The Balaban J connectivity index is 1.88. The summed E-state index contributed by atoms with van der Waals surface area (Å²) in [7, 11) is 0. The first kappa shape index (κ1) is 15.0. The summed E-state index contributed by atoms with van der Waals surface area (Å²) in [6.45, 7) is 2.40. The minimum atomic E-state index is -0.457. The summed E-state index contributed by atoms with van der Waals surface area (Å²) in [5, 5.41) is 18.4. The predicted molar refractivity (Wildman–Crippen MR) is 82.5 cm³/mol. The number of non-ortho nitro benzene ring substituents is 1. The second kappa shape index (κ2) is 6.85.